The maximum atomic E-state index is 13.0. The topological polar surface area (TPSA) is 49.3 Å². The van der Waals surface area contributed by atoms with E-state index in [0.29, 0.717) is 19.4 Å². The Morgan fingerprint density at radius 1 is 1.59 bits per heavy atom. The molecule has 1 fully saturated rings. The van der Waals surface area contributed by atoms with E-state index in [2.05, 4.69) is 5.32 Å². The van der Waals surface area contributed by atoms with Crippen LogP contribution in [0.1, 0.15) is 18.4 Å². The average Bonchev–Trinajstić information content (AvgIpc) is 2.73. The molecule has 0 amide bonds. The van der Waals surface area contributed by atoms with E-state index in [0.717, 1.165) is 12.0 Å². The molecule has 0 radical (unpaired) electrons. The molecular weight excluding hydrogens is 245 g/mol. The lowest BCUT2D eigenvalue weighted by Crippen LogP contribution is -2.49. The van der Waals surface area contributed by atoms with Gasteiger partial charge in [0.2, 0.25) is 0 Å². The fourth-order valence-electron chi connectivity index (χ4n) is 2.21. The molecule has 5 heteroatoms. The molecule has 1 atom stereocenters. The molecule has 0 spiro atoms. The Hall–Kier alpha value is -1.13. The Bertz CT molecular complexity index is 444. The van der Waals surface area contributed by atoms with E-state index in [9.17, 15) is 14.3 Å². The fraction of sp³-hybridized carbons (Fsp3) is 0.417. The van der Waals surface area contributed by atoms with Crippen LogP contribution in [0, 0.1) is 5.82 Å². The van der Waals surface area contributed by atoms with Gasteiger partial charge in [0.15, 0.2) is 0 Å². The molecule has 1 aromatic carbocycles. The van der Waals surface area contributed by atoms with Crippen LogP contribution in [0.2, 0.25) is 5.02 Å². The summed E-state index contributed by atoms with van der Waals surface area (Å²) in [7, 11) is 0. The molecular formula is C12H13ClFNO2. The normalized spacial score (nSPS) is 23.9. The predicted molar refractivity (Wildman–Crippen MR) is 62.7 cm³/mol. The first-order valence-electron chi connectivity index (χ1n) is 5.46. The smallest absolute Gasteiger partial charge is 0.324 e. The summed E-state index contributed by atoms with van der Waals surface area (Å²) in [6.07, 6.45) is 1.74. The number of rotatable bonds is 3. The molecule has 0 saturated carbocycles. The summed E-state index contributed by atoms with van der Waals surface area (Å²) >= 11 is 5.68. The summed E-state index contributed by atoms with van der Waals surface area (Å²) in [6.45, 7) is 0.696. The van der Waals surface area contributed by atoms with Crippen LogP contribution >= 0.6 is 11.6 Å². The van der Waals surface area contributed by atoms with Crippen LogP contribution in [0.4, 0.5) is 4.39 Å². The molecule has 1 aliphatic rings. The first-order chi connectivity index (χ1) is 8.03. The molecule has 1 aromatic rings. The molecule has 1 aliphatic heterocycles. The van der Waals surface area contributed by atoms with Gasteiger partial charge in [-0.05, 0) is 37.1 Å². The minimum Gasteiger partial charge on any atom is -0.480 e. The lowest BCUT2D eigenvalue weighted by Gasteiger charge is -2.24. The number of benzene rings is 1. The van der Waals surface area contributed by atoms with E-state index in [1.165, 1.54) is 12.1 Å². The van der Waals surface area contributed by atoms with Crippen LogP contribution in [-0.4, -0.2) is 23.2 Å². The zero-order valence-corrected chi connectivity index (χ0v) is 9.93. The molecule has 0 aliphatic carbocycles. The number of hydrogen-bond donors (Lipinski definition) is 2. The third-order valence-electron chi connectivity index (χ3n) is 3.14. The Kier molecular flexibility index (Phi) is 3.35. The van der Waals surface area contributed by atoms with Crippen LogP contribution in [0.15, 0.2) is 18.2 Å². The predicted octanol–water partition coefficient (Wildman–Crippen LogP) is 2.23. The molecule has 17 heavy (non-hydrogen) atoms. The zero-order chi connectivity index (χ0) is 12.5. The fourth-order valence-corrected chi connectivity index (χ4v) is 2.42. The number of carboxylic acids is 1. The second-order valence-electron chi connectivity index (χ2n) is 4.34. The lowest BCUT2D eigenvalue weighted by molar-refractivity contribution is -0.144. The van der Waals surface area contributed by atoms with E-state index in [4.69, 9.17) is 11.6 Å². The second kappa shape index (κ2) is 4.63. The van der Waals surface area contributed by atoms with Gasteiger partial charge in [0.25, 0.3) is 0 Å². The van der Waals surface area contributed by atoms with Crippen LogP contribution in [-0.2, 0) is 11.2 Å². The Balaban J connectivity index is 2.23. The standard InChI is InChI=1S/C12H13ClFNO2/c13-9-6-8(2-3-10(9)14)7-12(11(16)17)4-1-5-15-12/h2-3,6,15H,1,4-5,7H2,(H,16,17). The van der Waals surface area contributed by atoms with Crippen molar-refractivity contribution in [3.63, 3.8) is 0 Å². The first-order valence-corrected chi connectivity index (χ1v) is 5.84. The van der Waals surface area contributed by atoms with Gasteiger partial charge in [-0.3, -0.25) is 4.79 Å². The second-order valence-corrected chi connectivity index (χ2v) is 4.75. The van der Waals surface area contributed by atoms with Crippen LogP contribution in [0.5, 0.6) is 0 Å². The van der Waals surface area contributed by atoms with Crippen molar-refractivity contribution in [2.24, 2.45) is 0 Å². The van der Waals surface area contributed by atoms with Gasteiger partial charge in [0, 0.05) is 6.42 Å². The number of nitrogens with one attached hydrogen (secondary N) is 1. The van der Waals surface area contributed by atoms with E-state index in [1.54, 1.807) is 6.07 Å². The van der Waals surface area contributed by atoms with Crippen molar-refractivity contribution in [3.8, 4) is 0 Å². The highest BCUT2D eigenvalue weighted by molar-refractivity contribution is 6.30. The molecule has 2 rings (SSSR count). The average molecular weight is 258 g/mol. The molecule has 1 heterocycles. The minimum absolute atomic E-state index is 0.0287. The summed E-state index contributed by atoms with van der Waals surface area (Å²) in [6, 6.07) is 4.33. The molecule has 1 unspecified atom stereocenters. The molecule has 0 aromatic heterocycles. The largest absolute Gasteiger partial charge is 0.480 e. The van der Waals surface area contributed by atoms with Gasteiger partial charge in [-0.1, -0.05) is 17.7 Å². The maximum Gasteiger partial charge on any atom is 0.324 e. The van der Waals surface area contributed by atoms with Crippen molar-refractivity contribution >= 4 is 17.6 Å². The third kappa shape index (κ3) is 2.42. The van der Waals surface area contributed by atoms with Crippen molar-refractivity contribution in [1.82, 2.24) is 5.32 Å². The van der Waals surface area contributed by atoms with Crippen molar-refractivity contribution < 1.29 is 14.3 Å². The number of carboxylic acid groups (broad SMARTS) is 1. The highest BCUT2D eigenvalue weighted by Gasteiger charge is 2.41. The highest BCUT2D eigenvalue weighted by atomic mass is 35.5. The Morgan fingerprint density at radius 2 is 2.35 bits per heavy atom. The van der Waals surface area contributed by atoms with Gasteiger partial charge in [-0.2, -0.15) is 0 Å². The van der Waals surface area contributed by atoms with Gasteiger partial charge in [-0.25, -0.2) is 4.39 Å². The number of hydrogen-bond acceptors (Lipinski definition) is 2. The van der Waals surface area contributed by atoms with E-state index in [-0.39, 0.29) is 5.02 Å². The van der Waals surface area contributed by atoms with Crippen molar-refractivity contribution in [2.75, 3.05) is 6.54 Å². The van der Waals surface area contributed by atoms with Gasteiger partial charge < -0.3 is 10.4 Å². The van der Waals surface area contributed by atoms with Gasteiger partial charge in [0.1, 0.15) is 11.4 Å². The molecule has 92 valence electrons. The maximum absolute atomic E-state index is 13.0. The van der Waals surface area contributed by atoms with Gasteiger partial charge >= 0.3 is 5.97 Å². The molecule has 3 nitrogen and oxygen atoms in total. The van der Waals surface area contributed by atoms with Crippen LogP contribution < -0.4 is 5.32 Å². The SMILES string of the molecule is O=C(O)C1(Cc2ccc(F)c(Cl)c2)CCCN1. The summed E-state index contributed by atoms with van der Waals surface area (Å²) in [4.78, 5) is 11.3. The molecule has 2 N–H and O–H groups in total. The van der Waals surface area contributed by atoms with Gasteiger partial charge in [0.05, 0.1) is 5.02 Å². The summed E-state index contributed by atoms with van der Waals surface area (Å²) in [5.41, 5.74) is -0.200. The Morgan fingerprint density at radius 3 is 2.88 bits per heavy atom. The Labute approximate surface area is 104 Å². The van der Waals surface area contributed by atoms with Crippen LogP contribution in [0.3, 0.4) is 0 Å². The zero-order valence-electron chi connectivity index (χ0n) is 9.17. The lowest BCUT2D eigenvalue weighted by atomic mass is 9.89. The van der Waals surface area contributed by atoms with Crippen LogP contribution in [0.25, 0.3) is 0 Å². The summed E-state index contributed by atoms with van der Waals surface area (Å²) in [5.74, 6) is -1.35. The number of aliphatic carboxylic acids is 1. The van der Waals surface area contributed by atoms with E-state index in [1.807, 2.05) is 0 Å². The quantitative estimate of drug-likeness (QED) is 0.873. The minimum atomic E-state index is -0.929. The van der Waals surface area contributed by atoms with Crippen molar-refractivity contribution in [1.29, 1.82) is 0 Å². The first kappa shape index (κ1) is 12.3. The van der Waals surface area contributed by atoms with Gasteiger partial charge in [-0.15, -0.1) is 0 Å². The molecule has 0 bridgehead atoms. The monoisotopic (exact) mass is 257 g/mol. The third-order valence-corrected chi connectivity index (χ3v) is 3.43. The number of halogens is 2. The van der Waals surface area contributed by atoms with Crippen molar-refractivity contribution in [2.45, 2.75) is 24.8 Å². The summed E-state index contributed by atoms with van der Waals surface area (Å²) in [5, 5.41) is 12.3. The van der Waals surface area contributed by atoms with E-state index >= 15 is 0 Å². The number of carbonyl (C=O) groups is 1. The summed E-state index contributed by atoms with van der Waals surface area (Å²) < 4.78 is 13.0. The van der Waals surface area contributed by atoms with E-state index < -0.39 is 17.3 Å². The highest BCUT2D eigenvalue weighted by Crippen LogP contribution is 2.26. The molecule has 1 saturated heterocycles. The van der Waals surface area contributed by atoms with Crippen molar-refractivity contribution in [3.05, 3.63) is 34.6 Å².